The van der Waals surface area contributed by atoms with Gasteiger partial charge in [0.1, 0.15) is 11.5 Å². The van der Waals surface area contributed by atoms with Crippen LogP contribution in [-0.4, -0.2) is 30.7 Å². The van der Waals surface area contributed by atoms with E-state index in [0.717, 1.165) is 19.3 Å². The molecule has 0 radical (unpaired) electrons. The molecule has 1 saturated carbocycles. The topological polar surface area (TPSA) is 116 Å². The van der Waals surface area contributed by atoms with E-state index >= 15 is 0 Å². The first kappa shape index (κ1) is 20.1. The van der Waals surface area contributed by atoms with Gasteiger partial charge in [-0.05, 0) is 49.3 Å². The maximum absolute atomic E-state index is 14.3. The van der Waals surface area contributed by atoms with E-state index in [1.165, 1.54) is 36.6 Å². The van der Waals surface area contributed by atoms with Crippen LogP contribution >= 0.6 is 11.3 Å². The molecule has 0 amide bonds. The van der Waals surface area contributed by atoms with E-state index in [1.807, 2.05) is 0 Å². The molecule has 1 aromatic carbocycles. The lowest BCUT2D eigenvalue weighted by Crippen LogP contribution is -2.58. The van der Waals surface area contributed by atoms with Gasteiger partial charge in [-0.1, -0.05) is 6.42 Å². The predicted molar refractivity (Wildman–Crippen MR) is 114 cm³/mol. The van der Waals surface area contributed by atoms with E-state index in [9.17, 15) is 9.18 Å². The molecule has 8 nitrogen and oxygen atoms in total. The van der Waals surface area contributed by atoms with Crippen molar-refractivity contribution in [2.24, 2.45) is 21.5 Å². The second kappa shape index (κ2) is 7.94. The molecule has 0 unspecified atom stereocenters. The molecule has 2 aliphatic rings. The molecule has 10 heteroatoms. The van der Waals surface area contributed by atoms with Crippen LogP contribution in [0.1, 0.15) is 41.8 Å². The number of carbonyl (C=O) groups excluding carboxylic acids is 1. The predicted octanol–water partition coefficient (Wildman–Crippen LogP) is 3.58. The number of carbonyl (C=O) groups is 1. The summed E-state index contributed by atoms with van der Waals surface area (Å²) in [6.45, 7) is 0. The number of hydrogen-bond acceptors (Lipinski definition) is 9. The minimum atomic E-state index is -0.750. The first-order valence-corrected chi connectivity index (χ1v) is 10.4. The van der Waals surface area contributed by atoms with Gasteiger partial charge in [-0.25, -0.2) is 14.2 Å². The summed E-state index contributed by atoms with van der Waals surface area (Å²) in [5.41, 5.74) is 11.8. The summed E-state index contributed by atoms with van der Waals surface area (Å²) in [5, 5.41) is 1.72. The van der Waals surface area contributed by atoms with Crippen LogP contribution in [0.3, 0.4) is 0 Å². The van der Waals surface area contributed by atoms with Crippen LogP contribution in [0.2, 0.25) is 0 Å². The van der Waals surface area contributed by atoms with Crippen LogP contribution in [0.4, 0.5) is 10.1 Å². The van der Waals surface area contributed by atoms with Gasteiger partial charge in [-0.2, -0.15) is 4.99 Å². The number of guanidine groups is 2. The summed E-state index contributed by atoms with van der Waals surface area (Å²) < 4.78 is 25.1. The minimum absolute atomic E-state index is 0.107. The van der Waals surface area contributed by atoms with E-state index in [1.54, 1.807) is 16.3 Å². The molecule has 4 rings (SSSR count). The van der Waals surface area contributed by atoms with Gasteiger partial charge in [0.15, 0.2) is 16.4 Å². The van der Waals surface area contributed by atoms with Crippen molar-refractivity contribution < 1.29 is 18.7 Å². The average Bonchev–Trinajstić information content (AvgIpc) is 3.17. The third kappa shape index (κ3) is 3.58. The Morgan fingerprint density at radius 3 is 2.70 bits per heavy atom. The standard InChI is InChI=1S/C20H22FN5O3S/c1-28-17(27)16-15(7-10-30-16)29-14-6-5-12(21)11-13(14)26-19(23)24-18(22)25-20(26)8-3-2-4-9-20/h5-7,10-11H,2-4,8-9H2,1H3,(H4,22,23,24,25). The summed E-state index contributed by atoms with van der Waals surface area (Å²) in [6, 6.07) is 5.76. The van der Waals surface area contributed by atoms with E-state index in [2.05, 4.69) is 9.98 Å². The molecule has 1 aromatic heterocycles. The highest BCUT2D eigenvalue weighted by Gasteiger charge is 2.43. The average molecular weight is 431 g/mol. The van der Waals surface area contributed by atoms with Gasteiger partial charge in [-0.15, -0.1) is 11.3 Å². The number of hydrogen-bond donors (Lipinski definition) is 2. The summed E-state index contributed by atoms with van der Waals surface area (Å²) in [4.78, 5) is 22.8. The number of anilines is 1. The zero-order chi connectivity index (χ0) is 21.3. The molecule has 1 fully saturated rings. The molecule has 1 aliphatic heterocycles. The fourth-order valence-corrected chi connectivity index (χ4v) is 4.69. The molecular weight excluding hydrogens is 409 g/mol. The third-order valence-corrected chi connectivity index (χ3v) is 6.11. The van der Waals surface area contributed by atoms with Gasteiger partial charge in [-0.3, -0.25) is 4.90 Å². The highest BCUT2D eigenvalue weighted by Crippen LogP contribution is 2.44. The number of thiophene rings is 1. The van der Waals surface area contributed by atoms with Crippen LogP contribution in [-0.2, 0) is 4.74 Å². The number of methoxy groups -OCH3 is 1. The summed E-state index contributed by atoms with van der Waals surface area (Å²) >= 11 is 1.19. The van der Waals surface area contributed by atoms with Crippen molar-refractivity contribution in [3.8, 4) is 11.5 Å². The summed E-state index contributed by atoms with van der Waals surface area (Å²) in [7, 11) is 1.30. The molecule has 30 heavy (non-hydrogen) atoms. The van der Waals surface area contributed by atoms with Crippen molar-refractivity contribution in [2.75, 3.05) is 12.0 Å². The summed E-state index contributed by atoms with van der Waals surface area (Å²) in [5.74, 6) is -0.110. The number of nitrogens with two attached hydrogens (primary N) is 2. The van der Waals surface area contributed by atoms with Gasteiger partial charge >= 0.3 is 5.97 Å². The molecule has 1 aliphatic carbocycles. The highest BCUT2D eigenvalue weighted by molar-refractivity contribution is 7.12. The SMILES string of the molecule is COC(=O)c1sccc1Oc1ccc(F)cc1N1C(N)=NC(N)=NC12CCCCC2. The molecule has 158 valence electrons. The number of esters is 1. The Kier molecular flexibility index (Phi) is 5.33. The van der Waals surface area contributed by atoms with E-state index in [4.69, 9.17) is 20.9 Å². The highest BCUT2D eigenvalue weighted by atomic mass is 32.1. The van der Waals surface area contributed by atoms with Crippen molar-refractivity contribution >= 4 is 34.9 Å². The lowest BCUT2D eigenvalue weighted by Gasteiger charge is -2.45. The smallest absolute Gasteiger partial charge is 0.351 e. The van der Waals surface area contributed by atoms with Gasteiger partial charge in [0, 0.05) is 6.07 Å². The van der Waals surface area contributed by atoms with Crippen molar-refractivity contribution in [3.63, 3.8) is 0 Å². The van der Waals surface area contributed by atoms with Gasteiger partial charge < -0.3 is 20.9 Å². The number of halogens is 1. The van der Waals surface area contributed by atoms with Crippen molar-refractivity contribution in [2.45, 2.75) is 37.8 Å². The number of benzene rings is 1. The van der Waals surface area contributed by atoms with E-state index in [-0.39, 0.29) is 11.9 Å². The molecule has 2 heterocycles. The van der Waals surface area contributed by atoms with Crippen molar-refractivity contribution in [3.05, 3.63) is 40.3 Å². The molecule has 0 atom stereocenters. The molecule has 0 saturated heterocycles. The monoisotopic (exact) mass is 431 g/mol. The van der Waals surface area contributed by atoms with Crippen LogP contribution in [0.5, 0.6) is 11.5 Å². The minimum Gasteiger partial charge on any atom is -0.465 e. The van der Waals surface area contributed by atoms with Crippen molar-refractivity contribution in [1.82, 2.24) is 0 Å². The largest absolute Gasteiger partial charge is 0.465 e. The fraction of sp³-hybridized carbons (Fsp3) is 0.350. The lowest BCUT2D eigenvalue weighted by molar-refractivity contribution is 0.0603. The van der Waals surface area contributed by atoms with Gasteiger partial charge in [0.2, 0.25) is 11.9 Å². The van der Waals surface area contributed by atoms with E-state index < -0.39 is 17.4 Å². The quantitative estimate of drug-likeness (QED) is 0.715. The Hall–Kier alpha value is -3.14. The van der Waals surface area contributed by atoms with Crippen LogP contribution in [0, 0.1) is 5.82 Å². The van der Waals surface area contributed by atoms with Gasteiger partial charge in [0.25, 0.3) is 0 Å². The fourth-order valence-electron chi connectivity index (χ4n) is 3.96. The molecular formula is C20H22FN5O3S. The Bertz CT molecular complexity index is 1030. The Balaban J connectivity index is 1.79. The first-order valence-electron chi connectivity index (χ1n) is 9.56. The zero-order valence-corrected chi connectivity index (χ0v) is 17.2. The van der Waals surface area contributed by atoms with Crippen LogP contribution in [0.25, 0.3) is 0 Å². The lowest BCUT2D eigenvalue weighted by atomic mass is 9.87. The molecule has 2 aromatic rings. The van der Waals surface area contributed by atoms with Crippen LogP contribution < -0.4 is 21.1 Å². The molecule has 0 bridgehead atoms. The summed E-state index contributed by atoms with van der Waals surface area (Å²) in [6.07, 6.45) is 4.34. The molecule has 1 spiro atoms. The van der Waals surface area contributed by atoms with Crippen LogP contribution in [0.15, 0.2) is 39.6 Å². The number of ether oxygens (including phenoxy) is 2. The van der Waals surface area contributed by atoms with E-state index in [0.29, 0.717) is 34.9 Å². The molecule has 4 N–H and O–H groups in total. The van der Waals surface area contributed by atoms with Gasteiger partial charge in [0.05, 0.1) is 12.8 Å². The normalized spacial score (nSPS) is 18.0. The third-order valence-electron chi connectivity index (χ3n) is 5.23. The first-order chi connectivity index (χ1) is 14.4. The zero-order valence-electron chi connectivity index (χ0n) is 16.4. The maximum Gasteiger partial charge on any atom is 0.351 e. The Morgan fingerprint density at radius 1 is 1.20 bits per heavy atom. The number of aliphatic imine (C=N–C) groups is 2. The second-order valence-corrected chi connectivity index (χ2v) is 8.05. The maximum atomic E-state index is 14.3. The Morgan fingerprint density at radius 2 is 1.97 bits per heavy atom. The van der Waals surface area contributed by atoms with Crippen molar-refractivity contribution in [1.29, 1.82) is 0 Å². The number of rotatable bonds is 4. The second-order valence-electron chi connectivity index (χ2n) is 7.14. The Labute approximate surface area is 177 Å². The number of nitrogens with zero attached hydrogens (tertiary/aromatic N) is 3.